The summed E-state index contributed by atoms with van der Waals surface area (Å²) in [7, 11) is -2.57. The van der Waals surface area contributed by atoms with E-state index in [2.05, 4.69) is 4.74 Å². The highest BCUT2D eigenvalue weighted by Crippen LogP contribution is 2.33. The molecule has 0 amide bonds. The fourth-order valence-corrected chi connectivity index (χ4v) is 5.86. The van der Waals surface area contributed by atoms with Crippen molar-refractivity contribution in [1.29, 1.82) is 0 Å². The number of hydrogen-bond acceptors (Lipinski definition) is 5. The lowest BCUT2D eigenvalue weighted by molar-refractivity contribution is -0.140. The number of ether oxygens (including phenoxy) is 1. The Hall–Kier alpha value is -0.470. The van der Waals surface area contributed by atoms with E-state index in [4.69, 9.17) is 23.2 Å². The van der Waals surface area contributed by atoms with E-state index in [0.717, 1.165) is 0 Å². The SMILES string of the molecule is COC(=O)[C@@H]1CN(S(=O)(=O)c2c(Cl)cccc2Cl)CCS1. The van der Waals surface area contributed by atoms with Gasteiger partial charge in [-0.05, 0) is 12.1 Å². The number of carbonyl (C=O) groups is 1. The first-order valence-corrected chi connectivity index (χ1v) is 9.26. The second-order valence-corrected chi connectivity index (χ2v) is 8.30. The zero-order valence-corrected chi connectivity index (χ0v) is 14.2. The molecular formula is C12H13Cl2NO4S2. The van der Waals surface area contributed by atoms with Gasteiger partial charge in [-0.15, -0.1) is 11.8 Å². The fraction of sp³-hybridized carbons (Fsp3) is 0.417. The molecule has 9 heteroatoms. The molecule has 0 saturated carbocycles. The van der Waals surface area contributed by atoms with E-state index in [1.54, 1.807) is 6.07 Å². The molecule has 2 rings (SSSR count). The summed E-state index contributed by atoms with van der Waals surface area (Å²) in [5.74, 6) is 0.0614. The van der Waals surface area contributed by atoms with Crippen molar-refractivity contribution in [2.45, 2.75) is 10.1 Å². The largest absolute Gasteiger partial charge is 0.468 e. The maximum absolute atomic E-state index is 12.7. The first-order valence-electron chi connectivity index (χ1n) is 6.01. The Balaban J connectivity index is 2.33. The summed E-state index contributed by atoms with van der Waals surface area (Å²) in [5, 5.41) is -0.412. The Morgan fingerprint density at radius 1 is 1.38 bits per heavy atom. The van der Waals surface area contributed by atoms with Gasteiger partial charge < -0.3 is 4.74 Å². The van der Waals surface area contributed by atoms with Gasteiger partial charge in [-0.2, -0.15) is 4.31 Å². The first-order chi connectivity index (χ1) is 9.87. The van der Waals surface area contributed by atoms with Crippen LogP contribution in [-0.2, 0) is 19.6 Å². The molecule has 1 aliphatic heterocycles. The summed E-state index contributed by atoms with van der Waals surface area (Å²) in [6, 6.07) is 4.51. The fourth-order valence-electron chi connectivity index (χ4n) is 1.98. The first kappa shape index (κ1) is 16.9. The average molecular weight is 370 g/mol. The number of nitrogens with zero attached hydrogens (tertiary/aromatic N) is 1. The van der Waals surface area contributed by atoms with Crippen LogP contribution < -0.4 is 0 Å². The smallest absolute Gasteiger partial charge is 0.320 e. The van der Waals surface area contributed by atoms with E-state index in [-0.39, 0.29) is 21.5 Å². The third kappa shape index (κ3) is 3.48. The van der Waals surface area contributed by atoms with Gasteiger partial charge in [0.15, 0.2) is 0 Å². The highest BCUT2D eigenvalue weighted by molar-refractivity contribution is 8.00. The maximum Gasteiger partial charge on any atom is 0.320 e. The minimum absolute atomic E-state index is 0.0429. The van der Waals surface area contributed by atoms with Crippen molar-refractivity contribution >= 4 is 51.0 Å². The van der Waals surface area contributed by atoms with Gasteiger partial charge in [0, 0.05) is 18.8 Å². The van der Waals surface area contributed by atoms with Crippen LogP contribution in [0, 0.1) is 0 Å². The summed E-state index contributed by atoms with van der Waals surface area (Å²) in [5.41, 5.74) is 0. The Kier molecular flexibility index (Phi) is 5.43. The van der Waals surface area contributed by atoms with Crippen molar-refractivity contribution in [3.05, 3.63) is 28.2 Å². The van der Waals surface area contributed by atoms with Gasteiger partial charge >= 0.3 is 5.97 Å². The van der Waals surface area contributed by atoms with Crippen LogP contribution in [0.2, 0.25) is 10.0 Å². The van der Waals surface area contributed by atoms with Crippen molar-refractivity contribution in [1.82, 2.24) is 4.31 Å². The van der Waals surface area contributed by atoms with E-state index < -0.39 is 21.2 Å². The molecule has 0 N–H and O–H groups in total. The van der Waals surface area contributed by atoms with E-state index in [1.165, 1.54) is 35.3 Å². The van der Waals surface area contributed by atoms with Crippen molar-refractivity contribution in [2.75, 3.05) is 26.0 Å². The number of methoxy groups -OCH3 is 1. The molecule has 1 heterocycles. The molecule has 21 heavy (non-hydrogen) atoms. The predicted molar refractivity (Wildman–Crippen MR) is 83.5 cm³/mol. The van der Waals surface area contributed by atoms with Crippen LogP contribution in [0.25, 0.3) is 0 Å². The second-order valence-electron chi connectivity index (χ2n) is 4.30. The number of benzene rings is 1. The van der Waals surface area contributed by atoms with Gasteiger partial charge in [-0.25, -0.2) is 8.42 Å². The Morgan fingerprint density at radius 2 is 2.00 bits per heavy atom. The third-order valence-electron chi connectivity index (χ3n) is 3.01. The second kappa shape index (κ2) is 6.75. The van der Waals surface area contributed by atoms with Crippen molar-refractivity contribution < 1.29 is 17.9 Å². The molecule has 1 aromatic carbocycles. The lowest BCUT2D eigenvalue weighted by Crippen LogP contribution is -2.45. The van der Waals surface area contributed by atoms with Crippen LogP contribution in [0.3, 0.4) is 0 Å². The highest BCUT2D eigenvalue weighted by Gasteiger charge is 2.36. The minimum Gasteiger partial charge on any atom is -0.468 e. The van der Waals surface area contributed by atoms with Gasteiger partial charge in [0.2, 0.25) is 10.0 Å². The standard InChI is InChI=1S/C12H13Cl2NO4S2/c1-19-12(16)10-7-15(5-6-20-10)21(17,18)11-8(13)3-2-4-9(11)14/h2-4,10H,5-7H2,1H3/t10-/m0/s1. The third-order valence-corrected chi connectivity index (χ3v) is 6.99. The Labute approximate surface area is 137 Å². The number of esters is 1. The van der Waals surface area contributed by atoms with Crippen molar-refractivity contribution in [3.63, 3.8) is 0 Å². The molecule has 0 aromatic heterocycles. The Bertz CT molecular complexity index is 630. The van der Waals surface area contributed by atoms with Crippen molar-refractivity contribution in [2.24, 2.45) is 0 Å². The number of rotatable bonds is 3. The van der Waals surface area contributed by atoms with E-state index in [0.29, 0.717) is 12.3 Å². The van der Waals surface area contributed by atoms with Crippen LogP contribution >= 0.6 is 35.0 Å². The number of hydrogen-bond donors (Lipinski definition) is 0. The Morgan fingerprint density at radius 3 is 2.57 bits per heavy atom. The number of halogens is 2. The molecule has 1 atom stereocenters. The zero-order valence-electron chi connectivity index (χ0n) is 11.1. The van der Waals surface area contributed by atoms with Crippen LogP contribution in [0.1, 0.15) is 0 Å². The van der Waals surface area contributed by atoms with Gasteiger partial charge in [-0.1, -0.05) is 29.3 Å². The molecule has 1 fully saturated rings. The molecule has 5 nitrogen and oxygen atoms in total. The molecule has 1 aromatic rings. The molecular weight excluding hydrogens is 357 g/mol. The molecule has 0 radical (unpaired) electrons. The van der Waals surface area contributed by atoms with E-state index in [1.807, 2.05) is 0 Å². The topological polar surface area (TPSA) is 63.7 Å². The summed E-state index contributed by atoms with van der Waals surface area (Å²) in [6.07, 6.45) is 0. The van der Waals surface area contributed by atoms with Crippen LogP contribution in [0.4, 0.5) is 0 Å². The monoisotopic (exact) mass is 369 g/mol. The lowest BCUT2D eigenvalue weighted by Gasteiger charge is -2.30. The summed E-state index contributed by atoms with van der Waals surface area (Å²) < 4.78 is 31.3. The van der Waals surface area contributed by atoms with Crippen molar-refractivity contribution in [3.8, 4) is 0 Å². The quantitative estimate of drug-likeness (QED) is 0.764. The average Bonchev–Trinajstić information content (AvgIpc) is 2.46. The number of carbonyl (C=O) groups excluding carboxylic acids is 1. The number of thioether (sulfide) groups is 1. The number of sulfonamides is 1. The van der Waals surface area contributed by atoms with E-state index in [9.17, 15) is 13.2 Å². The molecule has 0 spiro atoms. The molecule has 116 valence electrons. The normalized spacial score (nSPS) is 20.2. The van der Waals surface area contributed by atoms with Gasteiger partial charge in [0.1, 0.15) is 10.1 Å². The predicted octanol–water partition coefficient (Wildman–Crippen LogP) is 2.27. The molecule has 0 unspecified atom stereocenters. The summed E-state index contributed by atoms with van der Waals surface area (Å²) >= 11 is 13.3. The highest BCUT2D eigenvalue weighted by atomic mass is 35.5. The van der Waals surface area contributed by atoms with Crippen LogP contribution in [0.5, 0.6) is 0 Å². The molecule has 0 aliphatic carbocycles. The van der Waals surface area contributed by atoms with Gasteiger partial charge in [-0.3, -0.25) is 4.79 Å². The molecule has 0 bridgehead atoms. The minimum atomic E-state index is -3.85. The lowest BCUT2D eigenvalue weighted by atomic mass is 10.4. The molecule has 1 aliphatic rings. The maximum atomic E-state index is 12.7. The van der Waals surface area contributed by atoms with Crippen LogP contribution in [-0.4, -0.2) is 49.9 Å². The van der Waals surface area contributed by atoms with E-state index >= 15 is 0 Å². The molecule has 1 saturated heterocycles. The summed E-state index contributed by atoms with van der Waals surface area (Å²) in [6.45, 7) is 0.337. The van der Waals surface area contributed by atoms with Gasteiger partial charge in [0.05, 0.1) is 17.2 Å². The van der Waals surface area contributed by atoms with Gasteiger partial charge in [0.25, 0.3) is 0 Å². The summed E-state index contributed by atoms with van der Waals surface area (Å²) in [4.78, 5) is 11.5. The zero-order chi connectivity index (χ0) is 15.6. The van der Waals surface area contributed by atoms with Crippen LogP contribution in [0.15, 0.2) is 23.1 Å².